The molecule has 0 aromatic heterocycles. The molecular weight excluding hydrogens is 385 g/mol. The Hall–Kier alpha value is -1.96. The Balaban J connectivity index is 2.29. The Morgan fingerprint density at radius 3 is 2.57 bits per heavy atom. The number of nitroso groups, excluding NO2 is 1. The van der Waals surface area contributed by atoms with E-state index in [9.17, 15) is 9.70 Å². The van der Waals surface area contributed by atoms with Crippen LogP contribution in [0.25, 0.3) is 0 Å². The van der Waals surface area contributed by atoms with Crippen LogP contribution in [0, 0.1) is 8.48 Å². The van der Waals surface area contributed by atoms with Crippen LogP contribution in [0.15, 0.2) is 47.6 Å². The molecule has 0 saturated heterocycles. The minimum absolute atomic E-state index is 0.154. The monoisotopic (exact) mass is 397 g/mol. The first-order valence-corrected chi connectivity index (χ1v) is 7.15. The van der Waals surface area contributed by atoms with Crippen LogP contribution in [-0.2, 0) is 11.3 Å². The van der Waals surface area contributed by atoms with Crippen molar-refractivity contribution in [3.8, 4) is 5.75 Å². The third kappa shape index (κ3) is 3.78. The Morgan fingerprint density at radius 1 is 1.24 bits per heavy atom. The molecule has 2 aromatic rings. The molecule has 0 aliphatic carbocycles. The van der Waals surface area contributed by atoms with E-state index in [0.717, 1.165) is 5.56 Å². The number of carbonyl (C=O) groups excluding carboxylic acids is 1. The number of benzene rings is 2. The van der Waals surface area contributed by atoms with Gasteiger partial charge >= 0.3 is 5.97 Å². The van der Waals surface area contributed by atoms with Gasteiger partial charge in [0.25, 0.3) is 0 Å². The van der Waals surface area contributed by atoms with Crippen molar-refractivity contribution in [2.75, 3.05) is 7.11 Å². The van der Waals surface area contributed by atoms with E-state index in [2.05, 4.69) is 9.91 Å². The van der Waals surface area contributed by atoms with Gasteiger partial charge in [0, 0.05) is 0 Å². The second kappa shape index (κ2) is 7.16. The number of methoxy groups -OCH3 is 1. The van der Waals surface area contributed by atoms with E-state index in [4.69, 9.17) is 4.74 Å². The van der Waals surface area contributed by atoms with Crippen molar-refractivity contribution < 1.29 is 14.3 Å². The fourth-order valence-electron chi connectivity index (χ4n) is 1.73. The van der Waals surface area contributed by atoms with Crippen LogP contribution in [0.4, 0.5) is 5.69 Å². The molecule has 5 nitrogen and oxygen atoms in total. The van der Waals surface area contributed by atoms with Crippen molar-refractivity contribution in [3.63, 3.8) is 0 Å². The molecule has 0 spiro atoms. The van der Waals surface area contributed by atoms with Gasteiger partial charge in [-0.25, -0.2) is 4.79 Å². The molecule has 0 atom stereocenters. The average molecular weight is 397 g/mol. The van der Waals surface area contributed by atoms with E-state index in [1.807, 2.05) is 52.9 Å². The van der Waals surface area contributed by atoms with Crippen molar-refractivity contribution >= 4 is 34.2 Å². The minimum Gasteiger partial charge on any atom is -0.488 e. The predicted molar refractivity (Wildman–Crippen MR) is 86.7 cm³/mol. The molecule has 0 bridgehead atoms. The van der Waals surface area contributed by atoms with E-state index < -0.39 is 5.97 Å². The summed E-state index contributed by atoms with van der Waals surface area (Å²) in [6.07, 6.45) is 0. The highest BCUT2D eigenvalue weighted by molar-refractivity contribution is 14.1. The molecule has 2 rings (SSSR count). The van der Waals surface area contributed by atoms with E-state index in [1.54, 1.807) is 6.07 Å². The smallest absolute Gasteiger partial charge is 0.338 e. The van der Waals surface area contributed by atoms with Crippen molar-refractivity contribution in [1.29, 1.82) is 0 Å². The molecule has 0 aliphatic rings. The van der Waals surface area contributed by atoms with Gasteiger partial charge in [0.15, 0.2) is 0 Å². The molecule has 0 unspecified atom stereocenters. The topological polar surface area (TPSA) is 65.0 Å². The zero-order valence-electron chi connectivity index (χ0n) is 11.2. The lowest BCUT2D eigenvalue weighted by molar-refractivity contribution is 0.0600. The second-order valence-corrected chi connectivity index (χ2v) is 5.24. The van der Waals surface area contributed by atoms with E-state index in [1.165, 1.54) is 13.2 Å². The standard InChI is InChI=1S/C15H12INO4/c1-20-15(18)11-7-12(17-19)14(16)13(8-11)21-9-10-5-3-2-4-6-10/h2-8H,9H2,1H3. The SMILES string of the molecule is COC(=O)c1cc(N=O)c(I)c(OCc2ccccc2)c1. The molecule has 0 amide bonds. The molecule has 0 radical (unpaired) electrons. The lowest BCUT2D eigenvalue weighted by Crippen LogP contribution is -2.03. The van der Waals surface area contributed by atoms with Crippen molar-refractivity contribution in [3.05, 3.63) is 62.1 Å². The summed E-state index contributed by atoms with van der Waals surface area (Å²) in [7, 11) is 1.28. The minimum atomic E-state index is -0.541. The number of rotatable bonds is 5. The van der Waals surface area contributed by atoms with Crippen LogP contribution in [0.3, 0.4) is 0 Å². The third-order valence-electron chi connectivity index (χ3n) is 2.78. The zero-order chi connectivity index (χ0) is 15.2. The Bertz CT molecular complexity index is 658. The summed E-state index contributed by atoms with van der Waals surface area (Å²) >= 11 is 1.96. The van der Waals surface area contributed by atoms with Crippen LogP contribution in [0.5, 0.6) is 5.75 Å². The molecule has 0 fully saturated rings. The normalized spacial score (nSPS) is 10.0. The van der Waals surface area contributed by atoms with E-state index >= 15 is 0 Å². The van der Waals surface area contributed by atoms with Gasteiger partial charge < -0.3 is 9.47 Å². The van der Waals surface area contributed by atoms with Crippen molar-refractivity contribution in [2.24, 2.45) is 5.18 Å². The molecule has 0 aliphatic heterocycles. The molecule has 21 heavy (non-hydrogen) atoms. The van der Waals surface area contributed by atoms with Crippen molar-refractivity contribution in [2.45, 2.75) is 6.61 Å². The highest BCUT2D eigenvalue weighted by atomic mass is 127. The predicted octanol–water partition coefficient (Wildman–Crippen LogP) is 4.05. The molecule has 0 saturated carbocycles. The number of hydrogen-bond donors (Lipinski definition) is 0. The van der Waals surface area contributed by atoms with Gasteiger partial charge in [-0.2, -0.15) is 0 Å². The average Bonchev–Trinajstić information content (AvgIpc) is 2.54. The van der Waals surface area contributed by atoms with Gasteiger partial charge in [-0.3, -0.25) is 0 Å². The number of ether oxygens (including phenoxy) is 2. The van der Waals surface area contributed by atoms with E-state index in [0.29, 0.717) is 15.9 Å². The highest BCUT2D eigenvalue weighted by Crippen LogP contribution is 2.33. The van der Waals surface area contributed by atoms with Crippen LogP contribution >= 0.6 is 22.6 Å². The number of halogens is 1. The van der Waals surface area contributed by atoms with Crippen LogP contribution in [0.2, 0.25) is 0 Å². The fourth-order valence-corrected chi connectivity index (χ4v) is 2.29. The lowest BCUT2D eigenvalue weighted by Gasteiger charge is -2.11. The summed E-state index contributed by atoms with van der Waals surface area (Å²) in [5, 5.41) is 2.92. The number of esters is 1. The zero-order valence-corrected chi connectivity index (χ0v) is 13.4. The van der Waals surface area contributed by atoms with Crippen LogP contribution in [0.1, 0.15) is 15.9 Å². The van der Waals surface area contributed by atoms with Gasteiger partial charge in [-0.1, -0.05) is 30.3 Å². The first kappa shape index (κ1) is 15.4. The molecule has 2 aromatic carbocycles. The first-order valence-electron chi connectivity index (χ1n) is 6.07. The number of hydrogen-bond acceptors (Lipinski definition) is 5. The number of carbonyl (C=O) groups is 1. The maximum atomic E-state index is 11.6. The summed E-state index contributed by atoms with van der Waals surface area (Å²) in [5.74, 6) is -0.113. The van der Waals surface area contributed by atoms with Gasteiger partial charge in [-0.15, -0.1) is 4.91 Å². The first-order chi connectivity index (χ1) is 10.2. The summed E-state index contributed by atoms with van der Waals surface area (Å²) < 4.78 is 10.9. The largest absolute Gasteiger partial charge is 0.488 e. The van der Waals surface area contributed by atoms with Gasteiger partial charge in [0.2, 0.25) is 0 Å². The molecule has 108 valence electrons. The van der Waals surface area contributed by atoms with Gasteiger partial charge in [0.05, 0.1) is 16.2 Å². The van der Waals surface area contributed by atoms with Gasteiger partial charge in [0.1, 0.15) is 18.0 Å². The maximum absolute atomic E-state index is 11.6. The summed E-state index contributed by atoms with van der Waals surface area (Å²) in [5.41, 5.74) is 1.37. The highest BCUT2D eigenvalue weighted by Gasteiger charge is 2.15. The molecule has 6 heteroatoms. The van der Waals surface area contributed by atoms with Crippen LogP contribution in [-0.4, -0.2) is 13.1 Å². The molecular formula is C15H12INO4. The quantitative estimate of drug-likeness (QED) is 0.434. The van der Waals surface area contributed by atoms with Crippen LogP contribution < -0.4 is 4.74 Å². The fraction of sp³-hybridized carbons (Fsp3) is 0.133. The Morgan fingerprint density at radius 2 is 1.95 bits per heavy atom. The van der Waals surface area contributed by atoms with Crippen molar-refractivity contribution in [1.82, 2.24) is 0 Å². The lowest BCUT2D eigenvalue weighted by atomic mass is 10.2. The second-order valence-electron chi connectivity index (χ2n) is 4.16. The molecule has 0 N–H and O–H groups in total. The van der Waals surface area contributed by atoms with E-state index in [-0.39, 0.29) is 11.3 Å². The summed E-state index contributed by atoms with van der Waals surface area (Å²) in [6.45, 7) is 0.333. The molecule has 0 heterocycles. The Labute approximate surface area is 135 Å². The summed E-state index contributed by atoms with van der Waals surface area (Å²) in [4.78, 5) is 22.4. The third-order valence-corrected chi connectivity index (χ3v) is 3.86. The summed E-state index contributed by atoms with van der Waals surface area (Å²) in [6, 6.07) is 12.5. The maximum Gasteiger partial charge on any atom is 0.338 e. The Kier molecular flexibility index (Phi) is 5.26. The van der Waals surface area contributed by atoms with Gasteiger partial charge in [-0.05, 0) is 45.5 Å². The number of nitrogens with zero attached hydrogens (tertiary/aromatic N) is 1.